The summed E-state index contributed by atoms with van der Waals surface area (Å²) in [6.07, 6.45) is -4.42. The van der Waals surface area contributed by atoms with E-state index in [2.05, 4.69) is 20.8 Å². The molecule has 0 fully saturated rings. The van der Waals surface area contributed by atoms with Gasteiger partial charge in [0.15, 0.2) is 0 Å². The minimum absolute atomic E-state index is 0.658. The van der Waals surface area contributed by atoms with Gasteiger partial charge in [-0.05, 0) is 69.3 Å². The molecule has 10 heteroatoms. The Kier molecular flexibility index (Phi) is 10.1. The van der Waals surface area contributed by atoms with Crippen LogP contribution >= 0.6 is 0 Å². The Morgan fingerprint density at radius 2 is 0.575 bits per heavy atom. The summed E-state index contributed by atoms with van der Waals surface area (Å²) in [6, 6.07) is 8.83. The average Bonchev–Trinajstić information content (AvgIpc) is 2.89. The Morgan fingerprint density at radius 3 is 0.700 bits per heavy atom. The molecule has 0 spiro atoms. The van der Waals surface area contributed by atoms with Crippen LogP contribution in [0, 0.1) is 46.5 Å². The summed E-state index contributed by atoms with van der Waals surface area (Å²) < 4.78 is 122. The zero-order valence-corrected chi connectivity index (χ0v) is 22.2. The molecule has 1 N–H and O–H groups in total. The van der Waals surface area contributed by atoms with E-state index in [9.17, 15) is 0 Å². The van der Waals surface area contributed by atoms with E-state index in [1.54, 1.807) is 4.90 Å². The first-order chi connectivity index (χ1) is 19.1. The minimum Gasteiger partial charge on any atom is -0.336 e. The van der Waals surface area contributed by atoms with E-state index >= 15 is 35.1 Å². The van der Waals surface area contributed by atoms with Gasteiger partial charge in [-0.25, -0.2) is 35.1 Å². The fraction of sp³-hybridized carbons (Fsp3) is 0.200. The largest absolute Gasteiger partial charge is 0.336 e. The quantitative estimate of drug-likeness (QED) is 0.254. The van der Waals surface area contributed by atoms with Crippen molar-refractivity contribution in [1.82, 2.24) is 0 Å². The molecule has 0 amide bonds. The van der Waals surface area contributed by atoms with Gasteiger partial charge in [-0.2, -0.15) is 0 Å². The van der Waals surface area contributed by atoms with E-state index in [-0.39, 0.29) is 0 Å². The lowest BCUT2D eigenvalue weighted by Gasteiger charge is -2.44. The van der Waals surface area contributed by atoms with Gasteiger partial charge in [-0.3, -0.25) is 0 Å². The molecule has 0 bridgehead atoms. The summed E-state index contributed by atoms with van der Waals surface area (Å²) in [5.74, 6) is -12.1. The van der Waals surface area contributed by atoms with Crippen LogP contribution in [0.4, 0.5) is 35.1 Å². The molecular weight excluding hydrogens is 537 g/mol. The van der Waals surface area contributed by atoms with Gasteiger partial charge in [0, 0.05) is 0 Å². The molecule has 4 aromatic carbocycles. The number of quaternary nitrogens is 1. The molecule has 0 aliphatic rings. The van der Waals surface area contributed by atoms with Gasteiger partial charge in [-0.15, -0.1) is 21.9 Å². The van der Waals surface area contributed by atoms with E-state index in [1.165, 1.54) is 19.6 Å². The maximum absolute atomic E-state index is 15.2. The second-order valence-electron chi connectivity index (χ2n) is 9.22. The maximum Gasteiger partial charge on any atom is 0.136 e. The first-order valence-corrected chi connectivity index (χ1v) is 12.8. The summed E-state index contributed by atoms with van der Waals surface area (Å²) in [5, 5.41) is 0. The Hall–Kier alpha value is -3.66. The van der Waals surface area contributed by atoms with E-state index in [1.807, 2.05) is 0 Å². The van der Waals surface area contributed by atoms with Crippen LogP contribution in [-0.4, -0.2) is 25.8 Å². The first-order valence-electron chi connectivity index (χ1n) is 12.8. The van der Waals surface area contributed by atoms with Gasteiger partial charge < -0.3 is 4.90 Å². The van der Waals surface area contributed by atoms with Gasteiger partial charge >= 0.3 is 0 Å². The zero-order valence-electron chi connectivity index (χ0n) is 22.2. The zero-order chi connectivity index (χ0) is 29.6. The molecule has 0 unspecified atom stereocenters. The minimum atomic E-state index is -4.42. The molecule has 1 nitrogen and oxygen atoms in total. The summed E-state index contributed by atoms with van der Waals surface area (Å²) >= 11 is 0. The van der Waals surface area contributed by atoms with Crippen molar-refractivity contribution < 1.29 is 40.0 Å². The number of hydrogen-bond acceptors (Lipinski definition) is 0. The van der Waals surface area contributed by atoms with E-state index < -0.39 is 74.5 Å². The van der Waals surface area contributed by atoms with Crippen molar-refractivity contribution in [2.75, 3.05) is 19.6 Å². The van der Waals surface area contributed by atoms with Crippen LogP contribution in [-0.2, 0) is 0 Å². The van der Waals surface area contributed by atoms with Gasteiger partial charge in [-0.1, -0.05) is 24.3 Å². The van der Waals surface area contributed by atoms with Crippen molar-refractivity contribution in [1.29, 1.82) is 0 Å². The molecular formula is C30H28BF8N. The summed E-state index contributed by atoms with van der Waals surface area (Å²) in [7, 11) is 0. The highest BCUT2D eigenvalue weighted by Gasteiger charge is 2.45. The smallest absolute Gasteiger partial charge is 0.136 e. The van der Waals surface area contributed by atoms with E-state index in [0.717, 1.165) is 24.3 Å². The summed E-state index contributed by atoms with van der Waals surface area (Å²) in [4.78, 5) is 1.68. The van der Waals surface area contributed by atoms with Crippen molar-refractivity contribution in [2.45, 2.75) is 20.8 Å². The number of halogens is 8. The van der Waals surface area contributed by atoms with Crippen molar-refractivity contribution >= 4 is 28.0 Å². The third-order valence-electron chi connectivity index (χ3n) is 7.23. The third-order valence-corrected chi connectivity index (χ3v) is 7.23. The fourth-order valence-electron chi connectivity index (χ4n) is 5.31. The second kappa shape index (κ2) is 13.1. The molecule has 0 aliphatic heterocycles. The highest BCUT2D eigenvalue weighted by atomic mass is 19.2. The average molecular weight is 565 g/mol. The molecule has 212 valence electrons. The predicted molar refractivity (Wildman–Crippen MR) is 142 cm³/mol. The van der Waals surface area contributed by atoms with Crippen LogP contribution in [0.5, 0.6) is 0 Å². The van der Waals surface area contributed by atoms with Crippen LogP contribution in [0.2, 0.25) is 0 Å². The molecule has 0 radical (unpaired) electrons. The lowest BCUT2D eigenvalue weighted by atomic mass is 9.12. The first kappa shape index (κ1) is 30.9. The Bertz CT molecular complexity index is 1170. The summed E-state index contributed by atoms with van der Waals surface area (Å²) in [6.45, 7) is 10.5. The second-order valence-corrected chi connectivity index (χ2v) is 9.22. The molecule has 40 heavy (non-hydrogen) atoms. The molecule has 0 aromatic heterocycles. The van der Waals surface area contributed by atoms with Crippen LogP contribution in [0.15, 0.2) is 72.8 Å². The monoisotopic (exact) mass is 565 g/mol. The Morgan fingerprint density at radius 1 is 0.400 bits per heavy atom. The van der Waals surface area contributed by atoms with Crippen molar-refractivity contribution in [3.05, 3.63) is 119 Å². The third kappa shape index (κ3) is 5.63. The molecule has 0 saturated heterocycles. The maximum atomic E-state index is 15.2. The van der Waals surface area contributed by atoms with Crippen molar-refractivity contribution in [3.8, 4) is 0 Å². The lowest BCUT2D eigenvalue weighted by molar-refractivity contribution is -0.894. The molecule has 4 aromatic rings. The van der Waals surface area contributed by atoms with Crippen LogP contribution in [0.1, 0.15) is 20.8 Å². The SMILES string of the molecule is CC[NH+](CC)CC.Fc1cccc(F)c1[B-](c1c(F)cccc1F)(c1c(F)cccc1F)c1c(F)cccc1F. The van der Waals surface area contributed by atoms with Crippen LogP contribution < -0.4 is 26.8 Å². The topological polar surface area (TPSA) is 4.44 Å². The standard InChI is InChI=1S/C24H12BF8.C6H15N/c26-13-5-1-6-14(27)21(13)25(22-15(28)7-2-8-16(22)29,23-17(30)9-3-10-18(23)31)24-19(32)11-4-12-20(24)33;1-4-7(5-2)6-3/h1-12H;4-6H2,1-3H3/q-1;/p+1. The van der Waals surface area contributed by atoms with Gasteiger partial charge in [0.05, 0.1) is 66.2 Å². The Balaban J connectivity index is 0.000000559. The molecule has 0 atom stereocenters. The van der Waals surface area contributed by atoms with Crippen LogP contribution in [0.3, 0.4) is 0 Å². The van der Waals surface area contributed by atoms with E-state index in [4.69, 9.17) is 0 Å². The van der Waals surface area contributed by atoms with Crippen molar-refractivity contribution in [2.24, 2.45) is 0 Å². The number of nitrogens with one attached hydrogen (secondary N) is 1. The predicted octanol–water partition coefficient (Wildman–Crippen LogP) is 4.11. The lowest BCUT2D eigenvalue weighted by Crippen LogP contribution is -3.11. The molecule has 0 aliphatic carbocycles. The molecule has 0 heterocycles. The van der Waals surface area contributed by atoms with Gasteiger partial charge in [0.2, 0.25) is 0 Å². The number of hydrogen-bond donors (Lipinski definition) is 1. The molecule has 4 rings (SSSR count). The highest BCUT2D eigenvalue weighted by Crippen LogP contribution is 2.21. The number of benzene rings is 4. The van der Waals surface area contributed by atoms with Gasteiger partial charge in [0.25, 0.3) is 0 Å². The summed E-state index contributed by atoms with van der Waals surface area (Å²) in [5.41, 5.74) is -5.19. The van der Waals surface area contributed by atoms with Gasteiger partial charge in [0.1, 0.15) is 6.15 Å². The van der Waals surface area contributed by atoms with Crippen molar-refractivity contribution in [3.63, 3.8) is 0 Å². The highest BCUT2D eigenvalue weighted by molar-refractivity contribution is 7.20. The number of rotatable bonds is 7. The fourth-order valence-corrected chi connectivity index (χ4v) is 5.31. The van der Waals surface area contributed by atoms with E-state index in [0.29, 0.717) is 48.5 Å². The molecule has 0 saturated carbocycles. The Labute approximate surface area is 228 Å². The normalized spacial score (nSPS) is 11.4. The van der Waals surface area contributed by atoms with Crippen LogP contribution in [0.25, 0.3) is 0 Å².